The Hall–Kier alpha value is -1.96. The van der Waals surface area contributed by atoms with Gasteiger partial charge in [0.05, 0.1) is 117 Å². The van der Waals surface area contributed by atoms with Crippen molar-refractivity contribution in [2.45, 2.75) is 20.3 Å². The molecule has 1 atom stereocenters. The highest BCUT2D eigenvalue weighted by Crippen LogP contribution is 2.21. The van der Waals surface area contributed by atoms with Gasteiger partial charge in [0.15, 0.2) is 0 Å². The molecule has 0 spiro atoms. The molecule has 0 radical (unpaired) electrons. The lowest BCUT2D eigenvalue weighted by molar-refractivity contribution is -0.0240. The fraction of sp³-hybridized carbons (Fsp3) is 0.724. The molecule has 1 unspecified atom stereocenters. The maximum Gasteiger partial charge on any atom is 0.261 e. The first-order chi connectivity index (χ1) is 19.6. The zero-order valence-electron chi connectivity index (χ0n) is 24.1. The van der Waals surface area contributed by atoms with E-state index in [4.69, 9.17) is 37.9 Å². The minimum absolute atomic E-state index is 0.221. The average Bonchev–Trinajstić information content (AvgIpc) is 3.21. The van der Waals surface area contributed by atoms with E-state index in [2.05, 4.69) is 13.8 Å². The molecule has 1 aromatic rings. The third-order valence-electron chi connectivity index (χ3n) is 6.04. The molecule has 11 nitrogen and oxygen atoms in total. The molecule has 0 saturated heterocycles. The molecule has 2 rings (SSSR count). The zero-order chi connectivity index (χ0) is 28.7. The van der Waals surface area contributed by atoms with E-state index >= 15 is 0 Å². The van der Waals surface area contributed by atoms with Gasteiger partial charge in [-0.1, -0.05) is 32.4 Å². The zero-order valence-corrected chi connectivity index (χ0v) is 24.1. The second kappa shape index (κ2) is 22.7. The van der Waals surface area contributed by atoms with Crippen molar-refractivity contribution in [2.24, 2.45) is 5.92 Å². The number of hydrogen-bond acceptors (Lipinski definition) is 10. The van der Waals surface area contributed by atoms with Crippen LogP contribution in [0.3, 0.4) is 0 Å². The van der Waals surface area contributed by atoms with E-state index in [1.54, 1.807) is 24.3 Å². The van der Waals surface area contributed by atoms with Crippen LogP contribution in [0.5, 0.6) is 0 Å². The van der Waals surface area contributed by atoms with Gasteiger partial charge in [-0.15, -0.1) is 0 Å². The smallest absolute Gasteiger partial charge is 0.261 e. The van der Waals surface area contributed by atoms with E-state index < -0.39 is 0 Å². The van der Waals surface area contributed by atoms with Gasteiger partial charge < -0.3 is 37.9 Å². The predicted octanol–water partition coefficient (Wildman–Crippen LogP) is 2.46. The summed E-state index contributed by atoms with van der Waals surface area (Å²) in [6, 6.07) is 6.83. The van der Waals surface area contributed by atoms with Gasteiger partial charge in [-0.05, 0) is 18.1 Å². The van der Waals surface area contributed by atoms with Crippen LogP contribution in [-0.4, -0.2) is 129 Å². The Balaban J connectivity index is 1.23. The summed E-state index contributed by atoms with van der Waals surface area (Å²) in [4.78, 5) is 25.8. The molecule has 0 fully saturated rings. The van der Waals surface area contributed by atoms with Crippen LogP contribution < -0.4 is 0 Å². The maximum absolute atomic E-state index is 12.3. The number of carbonyl (C=O) groups excluding carboxylic acids is 2. The Bertz CT molecular complexity index is 774. The van der Waals surface area contributed by atoms with Gasteiger partial charge >= 0.3 is 0 Å². The molecule has 228 valence electrons. The van der Waals surface area contributed by atoms with Crippen molar-refractivity contribution in [3.05, 3.63) is 35.4 Å². The van der Waals surface area contributed by atoms with Crippen molar-refractivity contribution in [1.29, 1.82) is 0 Å². The number of hydrogen-bond donors (Lipinski definition) is 0. The summed E-state index contributed by atoms with van der Waals surface area (Å²) < 4.78 is 43.8. The van der Waals surface area contributed by atoms with E-state index in [-0.39, 0.29) is 25.0 Å². The van der Waals surface area contributed by atoms with Gasteiger partial charge in [-0.2, -0.15) is 0 Å². The molecule has 0 bridgehead atoms. The number of benzene rings is 1. The topological polar surface area (TPSA) is 111 Å². The maximum atomic E-state index is 12.3. The molecule has 0 saturated carbocycles. The monoisotopic (exact) mass is 569 g/mol. The third kappa shape index (κ3) is 14.6. The molecule has 11 heteroatoms. The summed E-state index contributed by atoms with van der Waals surface area (Å²) in [5.41, 5.74) is 0.894. The minimum Gasteiger partial charge on any atom is -0.379 e. The summed E-state index contributed by atoms with van der Waals surface area (Å²) in [5, 5.41) is 0. The second-order valence-electron chi connectivity index (χ2n) is 9.18. The van der Waals surface area contributed by atoms with Crippen molar-refractivity contribution < 1.29 is 47.5 Å². The Kier molecular flexibility index (Phi) is 19.4. The van der Waals surface area contributed by atoms with Crippen LogP contribution in [0.15, 0.2) is 24.3 Å². The van der Waals surface area contributed by atoms with Gasteiger partial charge in [0.25, 0.3) is 11.8 Å². The van der Waals surface area contributed by atoms with Crippen LogP contribution in [0.1, 0.15) is 41.0 Å². The molecule has 1 heterocycles. The van der Waals surface area contributed by atoms with Crippen LogP contribution >= 0.6 is 0 Å². The highest BCUT2D eigenvalue weighted by molar-refractivity contribution is 6.21. The molecule has 0 N–H and O–H groups in total. The summed E-state index contributed by atoms with van der Waals surface area (Å²) in [7, 11) is 0. The van der Waals surface area contributed by atoms with Gasteiger partial charge in [0.1, 0.15) is 0 Å². The van der Waals surface area contributed by atoms with Crippen LogP contribution in [0.25, 0.3) is 0 Å². The first-order valence-corrected chi connectivity index (χ1v) is 14.2. The highest BCUT2D eigenvalue weighted by atomic mass is 16.6. The number of imide groups is 1. The Labute approximate surface area is 238 Å². The largest absolute Gasteiger partial charge is 0.379 e. The number of rotatable bonds is 27. The fourth-order valence-corrected chi connectivity index (χ4v) is 3.54. The van der Waals surface area contributed by atoms with Crippen molar-refractivity contribution in [3.8, 4) is 0 Å². The van der Waals surface area contributed by atoms with E-state index in [0.29, 0.717) is 110 Å². The Morgan fingerprint density at radius 2 is 0.875 bits per heavy atom. The number of fused-ring (bicyclic) bond motifs is 1. The first-order valence-electron chi connectivity index (χ1n) is 14.2. The van der Waals surface area contributed by atoms with E-state index in [1.807, 2.05) is 0 Å². The second-order valence-corrected chi connectivity index (χ2v) is 9.18. The summed E-state index contributed by atoms with van der Waals surface area (Å²) >= 11 is 0. The van der Waals surface area contributed by atoms with Gasteiger partial charge in [-0.25, -0.2) is 0 Å². The number of nitrogens with zero attached hydrogens (tertiary/aromatic N) is 1. The summed E-state index contributed by atoms with van der Waals surface area (Å²) in [6.45, 7) is 12.6. The number of carbonyl (C=O) groups is 2. The first kappa shape index (κ1) is 34.2. The van der Waals surface area contributed by atoms with Crippen LogP contribution in [0.4, 0.5) is 0 Å². The molecule has 0 aliphatic carbocycles. The van der Waals surface area contributed by atoms with Gasteiger partial charge in [0, 0.05) is 6.61 Å². The minimum atomic E-state index is -0.272. The molecule has 2 amide bonds. The summed E-state index contributed by atoms with van der Waals surface area (Å²) in [6.07, 6.45) is 1.13. The van der Waals surface area contributed by atoms with Crippen LogP contribution in [-0.2, 0) is 37.9 Å². The molecule has 40 heavy (non-hydrogen) atoms. The number of amides is 2. The molecule has 1 aromatic carbocycles. The van der Waals surface area contributed by atoms with Crippen molar-refractivity contribution in [3.63, 3.8) is 0 Å². The van der Waals surface area contributed by atoms with Crippen LogP contribution in [0, 0.1) is 5.92 Å². The molecular weight excluding hydrogens is 522 g/mol. The average molecular weight is 570 g/mol. The molecule has 0 aromatic heterocycles. The SMILES string of the molecule is CCC(C)COCCOCCOCCOCCOCCOCCOCCOCCN1C(=O)c2ccccc2C1=O. The normalized spacial score (nSPS) is 13.8. The van der Waals surface area contributed by atoms with E-state index in [0.717, 1.165) is 13.0 Å². The Morgan fingerprint density at radius 1 is 0.550 bits per heavy atom. The quantitative estimate of drug-likeness (QED) is 0.116. The number of ether oxygens (including phenoxy) is 8. The fourth-order valence-electron chi connectivity index (χ4n) is 3.54. The lowest BCUT2D eigenvalue weighted by atomic mass is 10.1. The standard InChI is InChI=1S/C29H47NO10/c1-3-25(2)24-40-23-22-39-21-20-38-19-18-37-17-16-36-15-14-35-13-12-34-11-10-33-9-8-30-28(31)26-6-4-5-7-27(26)29(30)32/h4-7,25H,3,8-24H2,1-2H3. The van der Waals surface area contributed by atoms with E-state index in [1.165, 1.54) is 4.90 Å². The highest BCUT2D eigenvalue weighted by Gasteiger charge is 2.34. The van der Waals surface area contributed by atoms with Crippen LogP contribution in [0.2, 0.25) is 0 Å². The van der Waals surface area contributed by atoms with Gasteiger partial charge in [0.2, 0.25) is 0 Å². The molecule has 1 aliphatic heterocycles. The lowest BCUT2D eigenvalue weighted by Crippen LogP contribution is -2.33. The summed E-state index contributed by atoms with van der Waals surface area (Å²) in [5.74, 6) is 0.0466. The Morgan fingerprint density at radius 3 is 1.23 bits per heavy atom. The predicted molar refractivity (Wildman–Crippen MR) is 148 cm³/mol. The molecule has 1 aliphatic rings. The van der Waals surface area contributed by atoms with Crippen molar-refractivity contribution in [2.75, 3.05) is 112 Å². The third-order valence-corrected chi connectivity index (χ3v) is 6.04. The molecular formula is C29H47NO10. The van der Waals surface area contributed by atoms with Crippen molar-refractivity contribution in [1.82, 2.24) is 4.90 Å². The van der Waals surface area contributed by atoms with Gasteiger partial charge in [-0.3, -0.25) is 14.5 Å². The van der Waals surface area contributed by atoms with Crippen molar-refractivity contribution >= 4 is 11.8 Å². The van der Waals surface area contributed by atoms with E-state index in [9.17, 15) is 9.59 Å². The lowest BCUT2D eigenvalue weighted by Gasteiger charge is -2.13.